The zero-order valence-electron chi connectivity index (χ0n) is 6.55. The molecule has 0 aliphatic carbocycles. The van der Waals surface area contributed by atoms with Gasteiger partial charge in [0, 0.05) is 19.5 Å². The lowest BCUT2D eigenvalue weighted by molar-refractivity contribution is 1.10. The van der Waals surface area contributed by atoms with E-state index in [1.165, 1.54) is 6.21 Å². The molecule has 58 valence electrons. The van der Waals surface area contributed by atoms with Crippen molar-refractivity contribution in [2.24, 2.45) is 0 Å². The van der Waals surface area contributed by atoms with Crippen molar-refractivity contribution < 1.29 is 0 Å². The summed E-state index contributed by atoms with van der Waals surface area (Å²) in [4.78, 5) is 8.14. The van der Waals surface area contributed by atoms with Gasteiger partial charge in [0.1, 0.15) is 5.69 Å². The lowest BCUT2D eigenvalue weighted by atomic mass is 10.4. The van der Waals surface area contributed by atoms with Gasteiger partial charge in [0.25, 0.3) is 0 Å². The van der Waals surface area contributed by atoms with E-state index in [2.05, 4.69) is 15.3 Å². The first-order valence-corrected chi connectivity index (χ1v) is 3.30. The number of hydrogen-bond acceptors (Lipinski definition) is 4. The summed E-state index contributed by atoms with van der Waals surface area (Å²) < 4.78 is 0. The quantitative estimate of drug-likeness (QED) is 0.613. The first-order valence-electron chi connectivity index (χ1n) is 3.30. The van der Waals surface area contributed by atoms with Gasteiger partial charge in [0.2, 0.25) is 0 Å². The van der Waals surface area contributed by atoms with E-state index in [4.69, 9.17) is 5.41 Å². The molecule has 0 saturated heterocycles. The molecule has 0 aliphatic rings. The molecule has 1 rings (SSSR count). The highest BCUT2D eigenvalue weighted by molar-refractivity contribution is 5.81. The Morgan fingerprint density at radius 3 is 2.91 bits per heavy atom. The van der Waals surface area contributed by atoms with Crippen molar-refractivity contribution in [3.05, 3.63) is 17.6 Å². The van der Waals surface area contributed by atoms with Gasteiger partial charge in [-0.05, 0) is 6.92 Å². The van der Waals surface area contributed by atoms with Gasteiger partial charge in [-0.1, -0.05) is 0 Å². The lowest BCUT2D eigenvalue weighted by Crippen LogP contribution is -2.01. The topological polar surface area (TPSA) is 61.7 Å². The fourth-order valence-corrected chi connectivity index (χ4v) is 0.776. The number of aromatic nitrogens is 2. The number of rotatable bonds is 2. The highest BCUT2D eigenvalue weighted by atomic mass is 15.0. The molecular formula is C7H10N4. The van der Waals surface area contributed by atoms with Crippen LogP contribution in [0.3, 0.4) is 0 Å². The van der Waals surface area contributed by atoms with E-state index in [0.29, 0.717) is 11.5 Å². The third-order valence-corrected chi connectivity index (χ3v) is 1.29. The minimum Gasteiger partial charge on any atom is -0.371 e. The maximum atomic E-state index is 6.99. The minimum absolute atomic E-state index is 0.568. The van der Waals surface area contributed by atoms with Crippen LogP contribution in [0.25, 0.3) is 0 Å². The molecule has 1 aromatic rings. The van der Waals surface area contributed by atoms with E-state index in [9.17, 15) is 0 Å². The van der Waals surface area contributed by atoms with Crippen molar-refractivity contribution in [3.63, 3.8) is 0 Å². The predicted molar refractivity (Wildman–Crippen MR) is 44.2 cm³/mol. The number of hydrogen-bond donors (Lipinski definition) is 2. The highest BCUT2D eigenvalue weighted by Gasteiger charge is 1.99. The molecule has 0 atom stereocenters. The Balaban J connectivity index is 3.16. The molecule has 11 heavy (non-hydrogen) atoms. The maximum Gasteiger partial charge on any atom is 0.153 e. The molecule has 0 bridgehead atoms. The molecular weight excluding hydrogens is 140 g/mol. The molecule has 0 fully saturated rings. The maximum absolute atomic E-state index is 6.99. The Hall–Kier alpha value is -1.45. The largest absolute Gasteiger partial charge is 0.371 e. The molecule has 4 nitrogen and oxygen atoms in total. The molecule has 0 aromatic carbocycles. The zero-order chi connectivity index (χ0) is 8.27. The SMILES string of the molecule is CNc1nc(C)cnc1C=N. The van der Waals surface area contributed by atoms with Gasteiger partial charge in [0.15, 0.2) is 5.82 Å². The normalized spacial score (nSPS) is 9.27. The fraction of sp³-hybridized carbons (Fsp3) is 0.286. The molecule has 4 heteroatoms. The molecule has 2 N–H and O–H groups in total. The second kappa shape index (κ2) is 3.09. The Kier molecular flexibility index (Phi) is 2.15. The number of anilines is 1. The van der Waals surface area contributed by atoms with Gasteiger partial charge in [-0.2, -0.15) is 0 Å². The van der Waals surface area contributed by atoms with Crippen LogP contribution in [0.1, 0.15) is 11.4 Å². The average molecular weight is 150 g/mol. The summed E-state index contributed by atoms with van der Waals surface area (Å²) in [5, 5.41) is 9.85. The number of aryl methyl sites for hydroxylation is 1. The van der Waals surface area contributed by atoms with Gasteiger partial charge in [0.05, 0.1) is 5.69 Å². The van der Waals surface area contributed by atoms with Gasteiger partial charge < -0.3 is 10.7 Å². The molecule has 1 heterocycles. The van der Waals surface area contributed by atoms with Crippen LogP contribution in [-0.2, 0) is 0 Å². The second-order valence-corrected chi connectivity index (χ2v) is 2.14. The lowest BCUT2D eigenvalue weighted by Gasteiger charge is -2.02. The van der Waals surface area contributed by atoms with Crippen molar-refractivity contribution in [1.29, 1.82) is 5.41 Å². The van der Waals surface area contributed by atoms with Crippen LogP contribution in [0.15, 0.2) is 6.20 Å². The van der Waals surface area contributed by atoms with Crippen molar-refractivity contribution >= 4 is 12.0 Å². The minimum atomic E-state index is 0.568. The summed E-state index contributed by atoms with van der Waals surface area (Å²) in [7, 11) is 1.76. The van der Waals surface area contributed by atoms with Gasteiger partial charge >= 0.3 is 0 Å². The third-order valence-electron chi connectivity index (χ3n) is 1.29. The molecule has 0 unspecified atom stereocenters. The highest BCUT2D eigenvalue weighted by Crippen LogP contribution is 2.05. The Morgan fingerprint density at radius 1 is 1.64 bits per heavy atom. The Morgan fingerprint density at radius 2 is 2.36 bits per heavy atom. The monoisotopic (exact) mass is 150 g/mol. The van der Waals surface area contributed by atoms with Crippen molar-refractivity contribution in [2.45, 2.75) is 6.92 Å². The van der Waals surface area contributed by atoms with Crippen LogP contribution in [0.4, 0.5) is 5.82 Å². The predicted octanol–water partition coefficient (Wildman–Crippen LogP) is 0.824. The van der Waals surface area contributed by atoms with Crippen LogP contribution < -0.4 is 5.32 Å². The summed E-state index contributed by atoms with van der Waals surface area (Å²) in [5.41, 5.74) is 1.41. The van der Waals surface area contributed by atoms with E-state index in [-0.39, 0.29) is 0 Å². The Bertz CT molecular complexity index is 269. The van der Waals surface area contributed by atoms with Gasteiger partial charge in [-0.3, -0.25) is 0 Å². The summed E-state index contributed by atoms with van der Waals surface area (Å²) in [5.74, 6) is 0.653. The second-order valence-electron chi connectivity index (χ2n) is 2.14. The van der Waals surface area contributed by atoms with Crippen molar-refractivity contribution in [2.75, 3.05) is 12.4 Å². The van der Waals surface area contributed by atoms with E-state index < -0.39 is 0 Å². The standard InChI is InChI=1S/C7H10N4/c1-5-4-10-6(3-8)7(9-2)11-5/h3-4,8H,1-2H3,(H,9,11). The summed E-state index contributed by atoms with van der Waals surface area (Å²) in [6.45, 7) is 1.86. The summed E-state index contributed by atoms with van der Waals surface area (Å²) in [6, 6.07) is 0. The van der Waals surface area contributed by atoms with E-state index in [0.717, 1.165) is 5.69 Å². The molecule has 0 spiro atoms. The van der Waals surface area contributed by atoms with Crippen LogP contribution in [-0.4, -0.2) is 23.2 Å². The number of nitrogens with zero attached hydrogens (tertiary/aromatic N) is 2. The van der Waals surface area contributed by atoms with Crippen LogP contribution in [0, 0.1) is 12.3 Å². The van der Waals surface area contributed by atoms with E-state index in [1.54, 1.807) is 13.2 Å². The van der Waals surface area contributed by atoms with Crippen molar-refractivity contribution in [1.82, 2.24) is 9.97 Å². The third kappa shape index (κ3) is 1.52. The molecule has 0 aliphatic heterocycles. The molecule has 0 saturated carbocycles. The smallest absolute Gasteiger partial charge is 0.153 e. The summed E-state index contributed by atoms with van der Waals surface area (Å²) in [6.07, 6.45) is 2.82. The van der Waals surface area contributed by atoms with Gasteiger partial charge in [-0.15, -0.1) is 0 Å². The van der Waals surface area contributed by atoms with Gasteiger partial charge in [-0.25, -0.2) is 9.97 Å². The number of nitrogens with one attached hydrogen (secondary N) is 2. The van der Waals surface area contributed by atoms with E-state index in [1.807, 2.05) is 6.92 Å². The molecule has 0 amide bonds. The average Bonchev–Trinajstić information content (AvgIpc) is 2.04. The molecule has 1 aromatic heterocycles. The van der Waals surface area contributed by atoms with E-state index >= 15 is 0 Å². The fourth-order valence-electron chi connectivity index (χ4n) is 0.776. The van der Waals surface area contributed by atoms with Crippen LogP contribution in [0.2, 0.25) is 0 Å². The zero-order valence-corrected chi connectivity index (χ0v) is 6.55. The van der Waals surface area contributed by atoms with Crippen molar-refractivity contribution in [3.8, 4) is 0 Å². The van der Waals surface area contributed by atoms with Crippen LogP contribution >= 0.6 is 0 Å². The Labute approximate surface area is 65.2 Å². The van der Waals surface area contributed by atoms with Crippen LogP contribution in [0.5, 0.6) is 0 Å². The first-order chi connectivity index (χ1) is 5.27. The summed E-state index contributed by atoms with van der Waals surface area (Å²) >= 11 is 0. The first kappa shape index (κ1) is 7.65. The molecule has 0 radical (unpaired) electrons.